The second-order valence-corrected chi connectivity index (χ2v) is 7.39. The van der Waals surface area contributed by atoms with Gasteiger partial charge in [0.25, 0.3) is 0 Å². The van der Waals surface area contributed by atoms with E-state index in [0.717, 1.165) is 16.5 Å². The molecule has 158 valence electrons. The molecule has 1 atom stereocenters. The summed E-state index contributed by atoms with van der Waals surface area (Å²) in [6.07, 6.45) is 1.18. The van der Waals surface area contributed by atoms with E-state index in [-0.39, 0.29) is 13.0 Å². The van der Waals surface area contributed by atoms with E-state index in [1.54, 1.807) is 34.1 Å². The highest BCUT2D eigenvalue weighted by atomic mass is 16.6. The molecule has 29 heavy (non-hydrogen) atoms. The second kappa shape index (κ2) is 9.31. The SMILES string of the molecule is COC(=O)CNC(=O)[C@H](Cc1c[nH]c2cccc(OC)c12)NC(=O)OC(C)(C)C. The van der Waals surface area contributed by atoms with E-state index in [1.807, 2.05) is 18.2 Å². The second-order valence-electron chi connectivity index (χ2n) is 7.39. The number of alkyl carbamates (subject to hydrolysis) is 1. The Morgan fingerprint density at radius 1 is 1.17 bits per heavy atom. The molecule has 2 rings (SSSR count). The normalized spacial score (nSPS) is 12.2. The van der Waals surface area contributed by atoms with Crippen LogP contribution in [0.4, 0.5) is 4.79 Å². The summed E-state index contributed by atoms with van der Waals surface area (Å²) in [7, 11) is 2.79. The van der Waals surface area contributed by atoms with Gasteiger partial charge in [-0.15, -0.1) is 0 Å². The molecule has 0 aliphatic heterocycles. The fourth-order valence-electron chi connectivity index (χ4n) is 2.78. The summed E-state index contributed by atoms with van der Waals surface area (Å²) in [4.78, 5) is 39.4. The summed E-state index contributed by atoms with van der Waals surface area (Å²) >= 11 is 0. The minimum Gasteiger partial charge on any atom is -0.496 e. The van der Waals surface area contributed by atoms with Gasteiger partial charge in [0.1, 0.15) is 23.9 Å². The zero-order valence-electron chi connectivity index (χ0n) is 17.3. The van der Waals surface area contributed by atoms with Crippen LogP contribution < -0.4 is 15.4 Å². The first-order valence-corrected chi connectivity index (χ1v) is 9.11. The van der Waals surface area contributed by atoms with Gasteiger partial charge in [-0.05, 0) is 38.5 Å². The molecule has 0 bridgehead atoms. The number of nitrogens with one attached hydrogen (secondary N) is 3. The third-order valence-corrected chi connectivity index (χ3v) is 4.04. The molecule has 0 spiro atoms. The Balaban J connectivity index is 2.26. The van der Waals surface area contributed by atoms with Crippen LogP contribution in [0.15, 0.2) is 24.4 Å². The zero-order chi connectivity index (χ0) is 21.6. The lowest BCUT2D eigenvalue weighted by Gasteiger charge is -2.23. The summed E-state index contributed by atoms with van der Waals surface area (Å²) < 4.78 is 15.2. The fourth-order valence-corrected chi connectivity index (χ4v) is 2.78. The number of H-pyrrole nitrogens is 1. The predicted octanol–water partition coefficient (Wildman–Crippen LogP) is 1.90. The zero-order valence-corrected chi connectivity index (χ0v) is 17.3. The smallest absolute Gasteiger partial charge is 0.408 e. The summed E-state index contributed by atoms with van der Waals surface area (Å²) in [5.41, 5.74) is 0.887. The molecular formula is C20H27N3O6. The number of hydrogen-bond donors (Lipinski definition) is 3. The number of aromatic amines is 1. The molecular weight excluding hydrogens is 378 g/mol. The average Bonchev–Trinajstić information content (AvgIpc) is 3.06. The van der Waals surface area contributed by atoms with Crippen molar-refractivity contribution in [1.29, 1.82) is 0 Å². The van der Waals surface area contributed by atoms with E-state index in [1.165, 1.54) is 7.11 Å². The predicted molar refractivity (Wildman–Crippen MR) is 107 cm³/mol. The Kier molecular flexibility index (Phi) is 7.08. The Labute approximate surface area is 169 Å². The van der Waals surface area contributed by atoms with Gasteiger partial charge in [0.2, 0.25) is 5.91 Å². The molecule has 9 heteroatoms. The van der Waals surface area contributed by atoms with E-state index >= 15 is 0 Å². The van der Waals surface area contributed by atoms with Gasteiger partial charge in [0.15, 0.2) is 0 Å². The first-order chi connectivity index (χ1) is 13.6. The molecule has 1 heterocycles. The van der Waals surface area contributed by atoms with E-state index in [9.17, 15) is 14.4 Å². The quantitative estimate of drug-likeness (QED) is 0.606. The molecule has 9 nitrogen and oxygen atoms in total. The van der Waals surface area contributed by atoms with Gasteiger partial charge in [-0.3, -0.25) is 9.59 Å². The highest BCUT2D eigenvalue weighted by Gasteiger charge is 2.26. The maximum absolute atomic E-state index is 12.7. The lowest BCUT2D eigenvalue weighted by atomic mass is 10.0. The van der Waals surface area contributed by atoms with E-state index < -0.39 is 29.6 Å². The van der Waals surface area contributed by atoms with Crippen LogP contribution in [0.5, 0.6) is 5.75 Å². The number of esters is 1. The first kappa shape index (κ1) is 22.1. The molecule has 0 saturated heterocycles. The number of ether oxygens (including phenoxy) is 3. The number of methoxy groups -OCH3 is 2. The van der Waals surface area contributed by atoms with Crippen molar-refractivity contribution in [1.82, 2.24) is 15.6 Å². The summed E-state index contributed by atoms with van der Waals surface area (Å²) in [6, 6.07) is 4.57. The molecule has 0 unspecified atom stereocenters. The van der Waals surface area contributed by atoms with E-state index in [0.29, 0.717) is 5.75 Å². The molecule has 1 aromatic carbocycles. The molecule has 0 saturated carbocycles. The number of aromatic nitrogens is 1. The number of carbonyl (C=O) groups is 3. The molecule has 2 amide bonds. The van der Waals surface area contributed by atoms with Crippen molar-refractivity contribution >= 4 is 28.9 Å². The number of carbonyl (C=O) groups excluding carboxylic acids is 3. The highest BCUT2D eigenvalue weighted by molar-refractivity contribution is 5.92. The van der Waals surface area contributed by atoms with Crippen molar-refractivity contribution in [2.24, 2.45) is 0 Å². The Bertz CT molecular complexity index is 884. The fraction of sp³-hybridized carbons (Fsp3) is 0.450. The third-order valence-electron chi connectivity index (χ3n) is 4.04. The first-order valence-electron chi connectivity index (χ1n) is 9.11. The number of amides is 2. The maximum Gasteiger partial charge on any atom is 0.408 e. The lowest BCUT2D eigenvalue weighted by molar-refractivity contribution is -0.141. The molecule has 3 N–H and O–H groups in total. The standard InChI is InChI=1S/C20H27N3O6/c1-20(2,3)29-19(26)23-14(18(25)22-11-16(24)28-5)9-12-10-21-13-7-6-8-15(27-4)17(12)13/h6-8,10,14,21H,9,11H2,1-5H3,(H,22,25)(H,23,26)/t14-/m0/s1. The summed E-state index contributed by atoms with van der Waals surface area (Å²) in [5, 5.41) is 5.85. The lowest BCUT2D eigenvalue weighted by Crippen LogP contribution is -2.50. The average molecular weight is 405 g/mol. The molecule has 0 aliphatic rings. The molecule has 2 aromatic rings. The van der Waals surface area contributed by atoms with Gasteiger partial charge in [-0.2, -0.15) is 0 Å². The topological polar surface area (TPSA) is 119 Å². The number of rotatable bonds is 7. The van der Waals surface area contributed by atoms with Gasteiger partial charge < -0.3 is 29.8 Å². The van der Waals surface area contributed by atoms with Gasteiger partial charge in [-0.1, -0.05) is 6.07 Å². The molecule has 1 aromatic heterocycles. The summed E-state index contributed by atoms with van der Waals surface area (Å²) in [6.45, 7) is 4.87. The van der Waals surface area contributed by atoms with Crippen LogP contribution in [0.3, 0.4) is 0 Å². The van der Waals surface area contributed by atoms with Crippen LogP contribution in [-0.4, -0.2) is 55.4 Å². The number of benzene rings is 1. The maximum atomic E-state index is 12.7. The van der Waals surface area contributed by atoms with E-state index in [2.05, 4.69) is 20.4 Å². The Hall–Kier alpha value is -3.23. The van der Waals surface area contributed by atoms with Crippen LogP contribution in [-0.2, 0) is 25.5 Å². The number of fused-ring (bicyclic) bond motifs is 1. The number of hydrogen-bond acceptors (Lipinski definition) is 6. The van der Waals surface area contributed by atoms with Crippen LogP contribution in [0.1, 0.15) is 26.3 Å². The van der Waals surface area contributed by atoms with Gasteiger partial charge in [-0.25, -0.2) is 4.79 Å². The van der Waals surface area contributed by atoms with Gasteiger partial charge in [0, 0.05) is 23.5 Å². The van der Waals surface area contributed by atoms with Crippen LogP contribution in [0.2, 0.25) is 0 Å². The van der Waals surface area contributed by atoms with Crippen molar-refractivity contribution in [3.63, 3.8) is 0 Å². The van der Waals surface area contributed by atoms with E-state index in [4.69, 9.17) is 9.47 Å². The summed E-state index contributed by atoms with van der Waals surface area (Å²) in [5.74, 6) is -0.488. The molecule has 0 aliphatic carbocycles. The largest absolute Gasteiger partial charge is 0.496 e. The van der Waals surface area contributed by atoms with Gasteiger partial charge >= 0.3 is 12.1 Å². The molecule has 0 radical (unpaired) electrons. The van der Waals surface area contributed by atoms with Crippen molar-refractivity contribution < 1.29 is 28.6 Å². The van der Waals surface area contributed by atoms with Crippen LogP contribution in [0.25, 0.3) is 10.9 Å². The minimum absolute atomic E-state index is 0.159. The van der Waals surface area contributed by atoms with Crippen molar-refractivity contribution in [3.05, 3.63) is 30.0 Å². The van der Waals surface area contributed by atoms with Crippen molar-refractivity contribution in [2.75, 3.05) is 20.8 Å². The monoisotopic (exact) mass is 405 g/mol. The third kappa shape index (κ3) is 6.13. The van der Waals surface area contributed by atoms with Gasteiger partial charge in [0.05, 0.1) is 14.2 Å². The minimum atomic E-state index is -0.974. The van der Waals surface area contributed by atoms with Crippen molar-refractivity contribution in [3.8, 4) is 5.75 Å². The Morgan fingerprint density at radius 3 is 2.52 bits per heavy atom. The molecule has 0 fully saturated rings. The van der Waals surface area contributed by atoms with Crippen LogP contribution in [0, 0.1) is 0 Å². The van der Waals surface area contributed by atoms with Crippen LogP contribution >= 0.6 is 0 Å². The highest BCUT2D eigenvalue weighted by Crippen LogP contribution is 2.29. The van der Waals surface area contributed by atoms with Crippen molar-refractivity contribution in [2.45, 2.75) is 38.8 Å². The Morgan fingerprint density at radius 2 is 1.90 bits per heavy atom.